The first kappa shape index (κ1) is 18.9. The third-order valence-electron chi connectivity index (χ3n) is 5.24. The molecule has 3 aromatic carbocycles. The molecule has 1 aromatic heterocycles. The molecule has 146 valence electrons. The van der Waals surface area contributed by atoms with Crippen LogP contribution in [0.2, 0.25) is 0 Å². The summed E-state index contributed by atoms with van der Waals surface area (Å²) in [5.74, 6) is -0.120. The van der Waals surface area contributed by atoms with Gasteiger partial charge >= 0.3 is 0 Å². The number of unbranched alkanes of at least 4 members (excludes halogenated alkanes) is 1. The van der Waals surface area contributed by atoms with Crippen LogP contribution in [0, 0.1) is 0 Å². The Balaban J connectivity index is 1.64. The van der Waals surface area contributed by atoms with Crippen LogP contribution in [0.3, 0.4) is 0 Å². The number of aryl methyl sites for hydroxylation is 1. The van der Waals surface area contributed by atoms with Crippen LogP contribution in [-0.4, -0.2) is 10.5 Å². The number of hydrogen-bond acceptors (Lipinski definition) is 2. The van der Waals surface area contributed by atoms with E-state index in [1.807, 2.05) is 65.2 Å². The number of nitrogens with zero attached hydrogens (tertiary/aromatic N) is 1. The SMILES string of the molecule is CCCCc1ccc(NC(=O)Cn2c3ccccc3c(=O)c3ccccc32)cc1. The number of para-hydroxylation sites is 2. The normalized spacial score (nSPS) is 11.1. The molecule has 0 aliphatic heterocycles. The quantitative estimate of drug-likeness (QED) is 0.468. The first-order chi connectivity index (χ1) is 14.2. The molecule has 4 rings (SSSR count). The van der Waals surface area contributed by atoms with Gasteiger partial charge in [0, 0.05) is 16.5 Å². The van der Waals surface area contributed by atoms with Crippen molar-refractivity contribution < 1.29 is 4.79 Å². The van der Waals surface area contributed by atoms with Gasteiger partial charge < -0.3 is 9.88 Å². The van der Waals surface area contributed by atoms with Crippen molar-refractivity contribution in [2.24, 2.45) is 0 Å². The molecular formula is C25H24N2O2. The highest BCUT2D eigenvalue weighted by Crippen LogP contribution is 2.19. The van der Waals surface area contributed by atoms with Crippen LogP contribution in [-0.2, 0) is 17.8 Å². The molecule has 1 N–H and O–H groups in total. The largest absolute Gasteiger partial charge is 0.331 e. The number of benzene rings is 3. The summed E-state index contributed by atoms with van der Waals surface area (Å²) in [7, 11) is 0. The van der Waals surface area contributed by atoms with E-state index in [0.29, 0.717) is 10.8 Å². The lowest BCUT2D eigenvalue weighted by Gasteiger charge is -2.15. The number of hydrogen-bond donors (Lipinski definition) is 1. The number of amides is 1. The Morgan fingerprint density at radius 1 is 0.862 bits per heavy atom. The van der Waals surface area contributed by atoms with Gasteiger partial charge in [-0.25, -0.2) is 0 Å². The average Bonchev–Trinajstić information content (AvgIpc) is 2.76. The average molecular weight is 384 g/mol. The Hall–Kier alpha value is -3.40. The zero-order valence-corrected chi connectivity index (χ0v) is 16.5. The molecule has 0 radical (unpaired) electrons. The van der Waals surface area contributed by atoms with E-state index >= 15 is 0 Å². The molecule has 29 heavy (non-hydrogen) atoms. The van der Waals surface area contributed by atoms with Crippen molar-refractivity contribution in [3.8, 4) is 0 Å². The summed E-state index contributed by atoms with van der Waals surface area (Å²) in [6.07, 6.45) is 3.39. The minimum Gasteiger partial charge on any atom is -0.331 e. The molecule has 4 nitrogen and oxygen atoms in total. The Bertz CT molecular complexity index is 1160. The maximum absolute atomic E-state index is 12.8. The number of aromatic nitrogens is 1. The number of pyridine rings is 1. The molecule has 0 aliphatic rings. The van der Waals surface area contributed by atoms with Crippen molar-refractivity contribution >= 4 is 33.4 Å². The molecule has 1 amide bonds. The minimum absolute atomic E-state index is 0.00414. The summed E-state index contributed by atoms with van der Waals surface area (Å²) in [4.78, 5) is 25.6. The summed E-state index contributed by atoms with van der Waals surface area (Å²) in [6.45, 7) is 2.32. The highest BCUT2D eigenvalue weighted by molar-refractivity contribution is 5.97. The van der Waals surface area contributed by atoms with Crippen molar-refractivity contribution in [1.82, 2.24) is 4.57 Å². The standard InChI is InChI=1S/C25H24N2O2/c1-2-3-8-18-13-15-19(16-14-18)26-24(28)17-27-22-11-6-4-9-20(22)25(29)21-10-5-7-12-23(21)27/h4-7,9-16H,2-3,8,17H2,1H3,(H,26,28). The summed E-state index contributed by atoms with van der Waals surface area (Å²) in [5.41, 5.74) is 3.59. The summed E-state index contributed by atoms with van der Waals surface area (Å²) >= 11 is 0. The Morgan fingerprint density at radius 3 is 2.03 bits per heavy atom. The van der Waals surface area contributed by atoms with E-state index in [1.165, 1.54) is 12.0 Å². The summed E-state index contributed by atoms with van der Waals surface area (Å²) in [6, 6.07) is 22.9. The third kappa shape index (κ3) is 3.92. The minimum atomic E-state index is -0.120. The van der Waals surface area contributed by atoms with Crippen LogP contribution in [0.25, 0.3) is 21.8 Å². The van der Waals surface area contributed by atoms with Gasteiger partial charge in [0.15, 0.2) is 5.43 Å². The van der Waals surface area contributed by atoms with E-state index in [2.05, 4.69) is 24.4 Å². The zero-order valence-electron chi connectivity index (χ0n) is 16.5. The van der Waals surface area contributed by atoms with Gasteiger partial charge in [-0.3, -0.25) is 9.59 Å². The monoisotopic (exact) mass is 384 g/mol. The molecule has 0 unspecified atom stereocenters. The lowest BCUT2D eigenvalue weighted by atomic mass is 10.1. The second-order valence-corrected chi connectivity index (χ2v) is 7.30. The van der Waals surface area contributed by atoms with Gasteiger partial charge in [0.1, 0.15) is 6.54 Å². The number of carbonyl (C=O) groups is 1. The van der Waals surface area contributed by atoms with Gasteiger partial charge in [-0.1, -0.05) is 49.7 Å². The summed E-state index contributed by atoms with van der Waals surface area (Å²) < 4.78 is 1.91. The maximum Gasteiger partial charge on any atom is 0.244 e. The second kappa shape index (κ2) is 8.31. The second-order valence-electron chi connectivity index (χ2n) is 7.30. The highest BCUT2D eigenvalue weighted by atomic mass is 16.2. The number of rotatable bonds is 6. The third-order valence-corrected chi connectivity index (χ3v) is 5.24. The molecule has 1 heterocycles. The number of nitrogens with one attached hydrogen (secondary N) is 1. The van der Waals surface area contributed by atoms with Gasteiger partial charge in [0.2, 0.25) is 5.91 Å². The summed E-state index contributed by atoms with van der Waals surface area (Å²) in [5, 5.41) is 4.23. The van der Waals surface area contributed by atoms with Crippen LogP contribution in [0.15, 0.2) is 77.6 Å². The van der Waals surface area contributed by atoms with E-state index in [9.17, 15) is 9.59 Å². The van der Waals surface area contributed by atoms with Gasteiger partial charge in [0.25, 0.3) is 0 Å². The molecule has 0 saturated heterocycles. The zero-order chi connectivity index (χ0) is 20.2. The smallest absolute Gasteiger partial charge is 0.244 e. The lowest BCUT2D eigenvalue weighted by Crippen LogP contribution is -2.21. The van der Waals surface area contributed by atoms with Crippen LogP contribution in [0.4, 0.5) is 5.69 Å². The molecule has 0 saturated carbocycles. The van der Waals surface area contributed by atoms with E-state index in [4.69, 9.17) is 0 Å². The van der Waals surface area contributed by atoms with Crippen LogP contribution in [0.5, 0.6) is 0 Å². The molecule has 0 bridgehead atoms. The molecule has 0 fully saturated rings. The number of fused-ring (bicyclic) bond motifs is 2. The highest BCUT2D eigenvalue weighted by Gasteiger charge is 2.13. The van der Waals surface area contributed by atoms with Crippen LogP contribution < -0.4 is 10.7 Å². The maximum atomic E-state index is 12.8. The fourth-order valence-corrected chi connectivity index (χ4v) is 3.73. The fraction of sp³-hybridized carbons (Fsp3) is 0.200. The predicted molar refractivity (Wildman–Crippen MR) is 119 cm³/mol. The van der Waals surface area contributed by atoms with Gasteiger partial charge in [-0.2, -0.15) is 0 Å². The van der Waals surface area contributed by atoms with Crippen molar-refractivity contribution in [2.75, 3.05) is 5.32 Å². The molecule has 4 aromatic rings. The molecular weight excluding hydrogens is 360 g/mol. The van der Waals surface area contributed by atoms with Crippen molar-refractivity contribution in [2.45, 2.75) is 32.7 Å². The van der Waals surface area contributed by atoms with E-state index in [1.54, 1.807) is 0 Å². The molecule has 4 heteroatoms. The van der Waals surface area contributed by atoms with E-state index in [-0.39, 0.29) is 17.9 Å². The fourth-order valence-electron chi connectivity index (χ4n) is 3.73. The predicted octanol–water partition coefficient (Wildman–Crippen LogP) is 5.14. The Kier molecular flexibility index (Phi) is 5.43. The molecule has 0 aliphatic carbocycles. The van der Waals surface area contributed by atoms with Gasteiger partial charge in [0.05, 0.1) is 11.0 Å². The number of anilines is 1. The Labute approximate surface area is 169 Å². The lowest BCUT2D eigenvalue weighted by molar-refractivity contribution is -0.116. The van der Waals surface area contributed by atoms with Crippen molar-refractivity contribution in [3.63, 3.8) is 0 Å². The first-order valence-electron chi connectivity index (χ1n) is 10.1. The van der Waals surface area contributed by atoms with E-state index in [0.717, 1.165) is 29.6 Å². The Morgan fingerprint density at radius 2 is 1.45 bits per heavy atom. The van der Waals surface area contributed by atoms with Gasteiger partial charge in [-0.15, -0.1) is 0 Å². The van der Waals surface area contributed by atoms with Crippen LogP contribution >= 0.6 is 0 Å². The molecule has 0 spiro atoms. The topological polar surface area (TPSA) is 51.1 Å². The van der Waals surface area contributed by atoms with Crippen molar-refractivity contribution in [3.05, 3.63) is 88.6 Å². The van der Waals surface area contributed by atoms with Gasteiger partial charge in [-0.05, 0) is 54.8 Å². The number of carbonyl (C=O) groups excluding carboxylic acids is 1. The van der Waals surface area contributed by atoms with Crippen molar-refractivity contribution in [1.29, 1.82) is 0 Å². The van der Waals surface area contributed by atoms with E-state index < -0.39 is 0 Å². The molecule has 0 atom stereocenters. The van der Waals surface area contributed by atoms with Crippen LogP contribution in [0.1, 0.15) is 25.3 Å². The first-order valence-corrected chi connectivity index (χ1v) is 10.1.